The molecule has 4 heteroatoms. The molecular formula is C10H19N3O. The first kappa shape index (κ1) is 11.0. The van der Waals surface area contributed by atoms with Gasteiger partial charge < -0.3 is 14.6 Å². The number of hydrogen-bond acceptors (Lipinski definition) is 3. The van der Waals surface area contributed by atoms with Crippen molar-refractivity contribution < 1.29 is 4.74 Å². The molecule has 0 radical (unpaired) electrons. The summed E-state index contributed by atoms with van der Waals surface area (Å²) in [5, 5.41) is 3.27. The minimum absolute atomic E-state index is 0.744. The van der Waals surface area contributed by atoms with Crippen molar-refractivity contribution in [2.75, 3.05) is 25.1 Å². The van der Waals surface area contributed by atoms with Gasteiger partial charge in [0.25, 0.3) is 0 Å². The first-order chi connectivity index (χ1) is 6.88. The molecule has 80 valence electrons. The van der Waals surface area contributed by atoms with E-state index in [0.29, 0.717) is 0 Å². The van der Waals surface area contributed by atoms with Crippen LogP contribution in [0.1, 0.15) is 20.3 Å². The highest BCUT2D eigenvalue weighted by Gasteiger charge is 1.99. The minimum atomic E-state index is 0.744. The Hall–Kier alpha value is -1.03. The van der Waals surface area contributed by atoms with Crippen molar-refractivity contribution in [3.8, 4) is 0 Å². The minimum Gasteiger partial charge on any atom is -0.380 e. The fourth-order valence-electron chi connectivity index (χ4n) is 1.20. The summed E-state index contributed by atoms with van der Waals surface area (Å²) in [5.74, 6) is 0.937. The Bertz CT molecular complexity index is 247. The van der Waals surface area contributed by atoms with Gasteiger partial charge in [0.1, 0.15) is 0 Å². The number of anilines is 1. The second kappa shape index (κ2) is 6.43. The van der Waals surface area contributed by atoms with Crippen LogP contribution in [0.2, 0.25) is 0 Å². The highest BCUT2D eigenvalue weighted by molar-refractivity contribution is 5.25. The van der Waals surface area contributed by atoms with Crippen LogP contribution >= 0.6 is 0 Å². The zero-order valence-corrected chi connectivity index (χ0v) is 8.99. The fourth-order valence-corrected chi connectivity index (χ4v) is 1.20. The van der Waals surface area contributed by atoms with Gasteiger partial charge in [0.15, 0.2) is 0 Å². The smallest absolute Gasteiger partial charge is 0.202 e. The van der Waals surface area contributed by atoms with Crippen LogP contribution in [0.4, 0.5) is 5.95 Å². The van der Waals surface area contributed by atoms with Gasteiger partial charge >= 0.3 is 0 Å². The van der Waals surface area contributed by atoms with Crippen molar-refractivity contribution in [2.24, 2.45) is 0 Å². The number of ether oxygens (including phenoxy) is 1. The van der Waals surface area contributed by atoms with Crippen LogP contribution in [-0.2, 0) is 11.3 Å². The molecule has 0 aliphatic rings. The van der Waals surface area contributed by atoms with E-state index >= 15 is 0 Å². The van der Waals surface area contributed by atoms with Gasteiger partial charge in [0, 0.05) is 32.1 Å². The molecule has 0 bridgehead atoms. The SMILES string of the molecule is CCCNc1nccn1CCOCC. The predicted octanol–water partition coefficient (Wildman–Crippen LogP) is 1.74. The molecule has 0 atom stereocenters. The molecule has 1 aromatic rings. The van der Waals surface area contributed by atoms with Crippen LogP contribution in [0.15, 0.2) is 12.4 Å². The lowest BCUT2D eigenvalue weighted by Gasteiger charge is -2.08. The van der Waals surface area contributed by atoms with Gasteiger partial charge in [0.05, 0.1) is 6.61 Å². The van der Waals surface area contributed by atoms with Gasteiger partial charge in [-0.2, -0.15) is 0 Å². The maximum absolute atomic E-state index is 5.29. The van der Waals surface area contributed by atoms with E-state index in [1.54, 1.807) is 0 Å². The Balaban J connectivity index is 2.37. The van der Waals surface area contributed by atoms with Crippen molar-refractivity contribution in [1.29, 1.82) is 0 Å². The molecule has 0 aliphatic carbocycles. The Morgan fingerprint density at radius 1 is 1.50 bits per heavy atom. The van der Waals surface area contributed by atoms with Crippen LogP contribution in [0.25, 0.3) is 0 Å². The summed E-state index contributed by atoms with van der Waals surface area (Å²) in [4.78, 5) is 4.23. The Morgan fingerprint density at radius 3 is 3.07 bits per heavy atom. The third kappa shape index (κ3) is 3.38. The van der Waals surface area contributed by atoms with Gasteiger partial charge in [0.2, 0.25) is 5.95 Å². The van der Waals surface area contributed by atoms with Gasteiger partial charge in [-0.3, -0.25) is 0 Å². The summed E-state index contributed by atoms with van der Waals surface area (Å²) in [6, 6.07) is 0. The van der Waals surface area contributed by atoms with E-state index in [4.69, 9.17) is 4.74 Å². The molecular weight excluding hydrogens is 178 g/mol. The molecule has 0 unspecified atom stereocenters. The first-order valence-electron chi connectivity index (χ1n) is 5.21. The van der Waals surface area contributed by atoms with Gasteiger partial charge in [-0.1, -0.05) is 6.92 Å². The lowest BCUT2D eigenvalue weighted by Crippen LogP contribution is -2.11. The van der Waals surface area contributed by atoms with Crippen LogP contribution in [0.3, 0.4) is 0 Å². The molecule has 1 aromatic heterocycles. The topological polar surface area (TPSA) is 39.1 Å². The Labute approximate surface area is 85.3 Å². The second-order valence-corrected chi connectivity index (χ2v) is 3.07. The molecule has 1 heterocycles. The standard InChI is InChI=1S/C10H19N3O/c1-3-5-11-10-12-6-7-13(10)8-9-14-4-2/h6-7H,3-5,8-9H2,1-2H3,(H,11,12). The monoisotopic (exact) mass is 197 g/mol. The quantitative estimate of drug-likeness (QED) is 0.677. The summed E-state index contributed by atoms with van der Waals surface area (Å²) < 4.78 is 7.36. The number of hydrogen-bond donors (Lipinski definition) is 1. The molecule has 0 aromatic carbocycles. The van der Waals surface area contributed by atoms with E-state index in [0.717, 1.165) is 38.7 Å². The van der Waals surface area contributed by atoms with Crippen molar-refractivity contribution in [1.82, 2.24) is 9.55 Å². The van der Waals surface area contributed by atoms with Gasteiger partial charge in [-0.25, -0.2) is 4.98 Å². The largest absolute Gasteiger partial charge is 0.380 e. The van der Waals surface area contributed by atoms with Crippen LogP contribution < -0.4 is 5.32 Å². The van der Waals surface area contributed by atoms with Gasteiger partial charge in [-0.05, 0) is 13.3 Å². The maximum Gasteiger partial charge on any atom is 0.202 e. The molecule has 1 rings (SSSR count). The molecule has 0 saturated carbocycles. The van der Waals surface area contributed by atoms with Crippen LogP contribution in [0.5, 0.6) is 0 Å². The fraction of sp³-hybridized carbons (Fsp3) is 0.700. The van der Waals surface area contributed by atoms with Crippen molar-refractivity contribution >= 4 is 5.95 Å². The summed E-state index contributed by atoms with van der Waals surface area (Å²) >= 11 is 0. The van der Waals surface area contributed by atoms with Crippen molar-refractivity contribution in [2.45, 2.75) is 26.8 Å². The van der Waals surface area contributed by atoms with E-state index in [2.05, 4.69) is 21.8 Å². The highest BCUT2D eigenvalue weighted by Crippen LogP contribution is 2.03. The number of imidazole rings is 1. The van der Waals surface area contributed by atoms with E-state index in [9.17, 15) is 0 Å². The van der Waals surface area contributed by atoms with E-state index < -0.39 is 0 Å². The zero-order chi connectivity index (χ0) is 10.2. The number of aromatic nitrogens is 2. The van der Waals surface area contributed by atoms with E-state index in [1.807, 2.05) is 19.3 Å². The second-order valence-electron chi connectivity index (χ2n) is 3.07. The number of rotatable bonds is 7. The summed E-state index contributed by atoms with van der Waals surface area (Å²) in [6.07, 6.45) is 4.89. The zero-order valence-electron chi connectivity index (χ0n) is 8.99. The average molecular weight is 197 g/mol. The molecule has 0 spiro atoms. The average Bonchev–Trinajstić information content (AvgIpc) is 2.63. The summed E-state index contributed by atoms with van der Waals surface area (Å²) in [7, 11) is 0. The molecule has 14 heavy (non-hydrogen) atoms. The maximum atomic E-state index is 5.29. The molecule has 0 fully saturated rings. The van der Waals surface area contributed by atoms with E-state index in [-0.39, 0.29) is 0 Å². The third-order valence-corrected chi connectivity index (χ3v) is 1.93. The normalized spacial score (nSPS) is 10.4. The van der Waals surface area contributed by atoms with Crippen molar-refractivity contribution in [3.63, 3.8) is 0 Å². The third-order valence-electron chi connectivity index (χ3n) is 1.93. The first-order valence-corrected chi connectivity index (χ1v) is 5.21. The Kier molecular flexibility index (Phi) is 5.07. The number of nitrogens with one attached hydrogen (secondary N) is 1. The lowest BCUT2D eigenvalue weighted by atomic mass is 10.5. The van der Waals surface area contributed by atoms with Crippen molar-refractivity contribution in [3.05, 3.63) is 12.4 Å². The molecule has 0 saturated heterocycles. The molecule has 1 N–H and O–H groups in total. The molecule has 0 amide bonds. The number of nitrogens with zero attached hydrogens (tertiary/aromatic N) is 2. The lowest BCUT2D eigenvalue weighted by molar-refractivity contribution is 0.139. The summed E-state index contributed by atoms with van der Waals surface area (Å²) in [5.41, 5.74) is 0. The Morgan fingerprint density at radius 2 is 2.36 bits per heavy atom. The molecule has 0 aliphatic heterocycles. The van der Waals surface area contributed by atoms with Gasteiger partial charge in [-0.15, -0.1) is 0 Å². The van der Waals surface area contributed by atoms with Crippen LogP contribution in [0, 0.1) is 0 Å². The highest BCUT2D eigenvalue weighted by atomic mass is 16.5. The molecule has 4 nitrogen and oxygen atoms in total. The predicted molar refractivity (Wildman–Crippen MR) is 57.5 cm³/mol. The van der Waals surface area contributed by atoms with E-state index in [1.165, 1.54) is 0 Å². The van der Waals surface area contributed by atoms with Crippen LogP contribution in [-0.4, -0.2) is 29.3 Å². The summed E-state index contributed by atoms with van der Waals surface area (Å²) in [6.45, 7) is 7.48.